The summed E-state index contributed by atoms with van der Waals surface area (Å²) in [5.41, 5.74) is 0. The monoisotopic (exact) mass is 197 g/mol. The molecule has 0 spiro atoms. The molecule has 0 rings (SSSR count). The Morgan fingerprint density at radius 1 is 1.43 bits per heavy atom. The number of terminal acetylenes is 1. The highest BCUT2D eigenvalue weighted by Gasteiger charge is 2.20. The SMILES string of the molecule is C#CCN(C(=O)OCC)C(CC)CC. The molecule has 0 fully saturated rings. The second-order valence-electron chi connectivity index (χ2n) is 3.00. The average molecular weight is 197 g/mol. The number of hydrogen-bond donors (Lipinski definition) is 0. The third-order valence-corrected chi connectivity index (χ3v) is 2.15. The van der Waals surface area contributed by atoms with Crippen LogP contribution in [-0.4, -0.2) is 30.2 Å². The van der Waals surface area contributed by atoms with Crippen LogP contribution in [0.25, 0.3) is 0 Å². The molecule has 0 aromatic carbocycles. The lowest BCUT2D eigenvalue weighted by atomic mass is 10.1. The standard InChI is InChI=1S/C11H19NO2/c1-5-9-12(10(6-2)7-3)11(13)14-8-4/h1,10H,6-9H2,2-4H3. The summed E-state index contributed by atoms with van der Waals surface area (Å²) in [6.45, 7) is 6.58. The number of hydrogen-bond acceptors (Lipinski definition) is 2. The molecular formula is C11H19NO2. The van der Waals surface area contributed by atoms with Crippen molar-refractivity contribution in [1.29, 1.82) is 0 Å². The minimum atomic E-state index is -0.306. The van der Waals surface area contributed by atoms with Crippen molar-refractivity contribution in [2.75, 3.05) is 13.2 Å². The summed E-state index contributed by atoms with van der Waals surface area (Å²) in [4.78, 5) is 13.1. The van der Waals surface area contributed by atoms with Crippen LogP contribution in [0.1, 0.15) is 33.6 Å². The molecule has 1 amide bonds. The minimum Gasteiger partial charge on any atom is -0.450 e. The van der Waals surface area contributed by atoms with Crippen LogP contribution in [0.15, 0.2) is 0 Å². The van der Waals surface area contributed by atoms with Gasteiger partial charge in [0.25, 0.3) is 0 Å². The summed E-state index contributed by atoms with van der Waals surface area (Å²) in [7, 11) is 0. The van der Waals surface area contributed by atoms with Crippen LogP contribution >= 0.6 is 0 Å². The lowest BCUT2D eigenvalue weighted by Gasteiger charge is -2.27. The molecule has 0 bridgehead atoms. The number of carbonyl (C=O) groups is 1. The molecule has 80 valence electrons. The van der Waals surface area contributed by atoms with Crippen molar-refractivity contribution in [3.05, 3.63) is 0 Å². The van der Waals surface area contributed by atoms with E-state index in [1.54, 1.807) is 11.8 Å². The van der Waals surface area contributed by atoms with Gasteiger partial charge in [0.2, 0.25) is 0 Å². The fourth-order valence-corrected chi connectivity index (χ4v) is 1.38. The molecule has 3 heteroatoms. The van der Waals surface area contributed by atoms with Gasteiger partial charge in [-0.2, -0.15) is 0 Å². The maximum atomic E-state index is 11.5. The summed E-state index contributed by atoms with van der Waals surface area (Å²) < 4.78 is 4.93. The van der Waals surface area contributed by atoms with E-state index in [1.807, 2.05) is 13.8 Å². The highest BCUT2D eigenvalue weighted by atomic mass is 16.6. The molecule has 0 heterocycles. The first-order valence-electron chi connectivity index (χ1n) is 5.08. The Hall–Kier alpha value is -1.17. The Kier molecular flexibility index (Phi) is 6.65. The molecule has 0 saturated carbocycles. The Balaban J connectivity index is 4.40. The lowest BCUT2D eigenvalue weighted by Crippen LogP contribution is -2.40. The van der Waals surface area contributed by atoms with Gasteiger partial charge in [-0.3, -0.25) is 4.90 Å². The van der Waals surface area contributed by atoms with Gasteiger partial charge in [0.05, 0.1) is 13.2 Å². The summed E-state index contributed by atoms with van der Waals surface area (Å²) >= 11 is 0. The van der Waals surface area contributed by atoms with E-state index < -0.39 is 0 Å². The molecule has 0 unspecified atom stereocenters. The molecule has 0 atom stereocenters. The van der Waals surface area contributed by atoms with E-state index in [4.69, 9.17) is 11.2 Å². The van der Waals surface area contributed by atoms with Crippen LogP contribution < -0.4 is 0 Å². The van der Waals surface area contributed by atoms with Gasteiger partial charge in [-0.05, 0) is 19.8 Å². The first-order valence-corrected chi connectivity index (χ1v) is 5.08. The fourth-order valence-electron chi connectivity index (χ4n) is 1.38. The van der Waals surface area contributed by atoms with E-state index in [-0.39, 0.29) is 12.1 Å². The Morgan fingerprint density at radius 3 is 2.36 bits per heavy atom. The van der Waals surface area contributed by atoms with E-state index in [9.17, 15) is 4.79 Å². The molecular weight excluding hydrogens is 178 g/mol. The third-order valence-electron chi connectivity index (χ3n) is 2.15. The first-order chi connectivity index (χ1) is 6.71. The Bertz CT molecular complexity index is 204. The highest BCUT2D eigenvalue weighted by Crippen LogP contribution is 2.09. The number of nitrogens with zero attached hydrogens (tertiary/aromatic N) is 1. The fraction of sp³-hybridized carbons (Fsp3) is 0.727. The van der Waals surface area contributed by atoms with Crippen molar-refractivity contribution in [3.63, 3.8) is 0 Å². The number of amides is 1. The molecule has 0 N–H and O–H groups in total. The molecule has 0 aliphatic carbocycles. The predicted molar refractivity (Wildman–Crippen MR) is 56.9 cm³/mol. The zero-order valence-electron chi connectivity index (χ0n) is 9.25. The van der Waals surface area contributed by atoms with E-state index in [2.05, 4.69) is 5.92 Å². The smallest absolute Gasteiger partial charge is 0.410 e. The summed E-state index contributed by atoms with van der Waals surface area (Å²) in [6.07, 6.45) is 6.70. The van der Waals surface area contributed by atoms with Crippen LogP contribution in [0.4, 0.5) is 4.79 Å². The van der Waals surface area contributed by atoms with E-state index >= 15 is 0 Å². The third kappa shape index (κ3) is 3.69. The molecule has 0 aromatic rings. The van der Waals surface area contributed by atoms with Crippen molar-refractivity contribution in [1.82, 2.24) is 4.90 Å². The van der Waals surface area contributed by atoms with E-state index in [1.165, 1.54) is 0 Å². The van der Waals surface area contributed by atoms with Crippen molar-refractivity contribution in [2.45, 2.75) is 39.7 Å². The van der Waals surface area contributed by atoms with Gasteiger partial charge in [0.15, 0.2) is 0 Å². The summed E-state index contributed by atoms with van der Waals surface area (Å²) in [6, 6.07) is 0.185. The molecule has 0 radical (unpaired) electrons. The van der Waals surface area contributed by atoms with Gasteiger partial charge in [0.1, 0.15) is 0 Å². The lowest BCUT2D eigenvalue weighted by molar-refractivity contribution is 0.0942. The van der Waals surface area contributed by atoms with Crippen molar-refractivity contribution in [3.8, 4) is 12.3 Å². The number of rotatable bonds is 5. The first kappa shape index (κ1) is 12.8. The Labute approximate surface area is 86.4 Å². The molecule has 0 aliphatic heterocycles. The van der Waals surface area contributed by atoms with Crippen LogP contribution in [0.5, 0.6) is 0 Å². The second-order valence-corrected chi connectivity index (χ2v) is 3.00. The highest BCUT2D eigenvalue weighted by molar-refractivity contribution is 5.68. The van der Waals surface area contributed by atoms with E-state index in [0.29, 0.717) is 13.2 Å². The van der Waals surface area contributed by atoms with Gasteiger partial charge < -0.3 is 4.74 Å². The van der Waals surface area contributed by atoms with Gasteiger partial charge >= 0.3 is 6.09 Å². The average Bonchev–Trinajstić information content (AvgIpc) is 2.18. The number of carbonyl (C=O) groups excluding carboxylic acids is 1. The van der Waals surface area contributed by atoms with Crippen molar-refractivity contribution >= 4 is 6.09 Å². The zero-order chi connectivity index (χ0) is 11.0. The normalized spacial score (nSPS) is 9.64. The van der Waals surface area contributed by atoms with Gasteiger partial charge in [-0.15, -0.1) is 6.42 Å². The van der Waals surface area contributed by atoms with Crippen molar-refractivity contribution in [2.24, 2.45) is 0 Å². The van der Waals surface area contributed by atoms with Gasteiger partial charge in [-0.25, -0.2) is 4.79 Å². The Morgan fingerprint density at radius 2 is 2.00 bits per heavy atom. The van der Waals surface area contributed by atoms with Gasteiger partial charge in [-0.1, -0.05) is 19.8 Å². The minimum absolute atomic E-state index is 0.185. The van der Waals surface area contributed by atoms with Gasteiger partial charge in [0, 0.05) is 6.04 Å². The van der Waals surface area contributed by atoms with Crippen LogP contribution in [-0.2, 0) is 4.74 Å². The molecule has 0 saturated heterocycles. The largest absolute Gasteiger partial charge is 0.450 e. The number of ether oxygens (including phenoxy) is 1. The van der Waals surface area contributed by atoms with E-state index in [0.717, 1.165) is 12.8 Å². The zero-order valence-corrected chi connectivity index (χ0v) is 9.25. The van der Waals surface area contributed by atoms with Crippen LogP contribution in [0, 0.1) is 12.3 Å². The quantitative estimate of drug-likeness (QED) is 0.633. The maximum absolute atomic E-state index is 11.5. The second kappa shape index (κ2) is 7.25. The topological polar surface area (TPSA) is 29.5 Å². The van der Waals surface area contributed by atoms with Crippen LogP contribution in [0.2, 0.25) is 0 Å². The maximum Gasteiger partial charge on any atom is 0.410 e. The molecule has 0 aromatic heterocycles. The molecule has 3 nitrogen and oxygen atoms in total. The molecule has 14 heavy (non-hydrogen) atoms. The van der Waals surface area contributed by atoms with Crippen LogP contribution in [0.3, 0.4) is 0 Å². The predicted octanol–water partition coefficient (Wildman–Crippen LogP) is 2.27. The molecule has 0 aliphatic rings. The summed E-state index contributed by atoms with van der Waals surface area (Å²) in [5.74, 6) is 2.48. The summed E-state index contributed by atoms with van der Waals surface area (Å²) in [5, 5.41) is 0. The van der Waals surface area contributed by atoms with Crippen molar-refractivity contribution < 1.29 is 9.53 Å².